The number of likely N-dealkylation sites (tertiary alicyclic amines) is 1. The Morgan fingerprint density at radius 3 is 2.57 bits per heavy atom. The third kappa shape index (κ3) is 2.47. The molecule has 3 heteroatoms. The van der Waals surface area contributed by atoms with Gasteiger partial charge in [0.25, 0.3) is 0 Å². The third-order valence-electron chi connectivity index (χ3n) is 3.32. The van der Waals surface area contributed by atoms with Crippen molar-refractivity contribution < 1.29 is 5.21 Å². The lowest BCUT2D eigenvalue weighted by Gasteiger charge is -2.36. The van der Waals surface area contributed by atoms with Crippen LogP contribution in [0.4, 0.5) is 0 Å². The van der Waals surface area contributed by atoms with Gasteiger partial charge in [-0.25, -0.2) is 0 Å². The van der Waals surface area contributed by atoms with Gasteiger partial charge in [0.05, 0.1) is 5.71 Å². The summed E-state index contributed by atoms with van der Waals surface area (Å²) in [5.74, 6) is 0.411. The molecule has 0 saturated carbocycles. The summed E-state index contributed by atoms with van der Waals surface area (Å²) in [5.41, 5.74) is 0.965. The highest BCUT2D eigenvalue weighted by Crippen LogP contribution is 2.19. The fraction of sp³-hybridized carbons (Fsp3) is 0.909. The Balaban J connectivity index is 2.53. The van der Waals surface area contributed by atoms with Crippen molar-refractivity contribution in [2.45, 2.75) is 46.1 Å². The van der Waals surface area contributed by atoms with E-state index in [1.54, 1.807) is 0 Å². The van der Waals surface area contributed by atoms with Crippen molar-refractivity contribution in [3.8, 4) is 0 Å². The molecule has 1 heterocycles. The predicted octanol–water partition coefficient (Wildman–Crippen LogP) is 2.35. The molecule has 3 nitrogen and oxygen atoms in total. The molecule has 0 bridgehead atoms. The van der Waals surface area contributed by atoms with Crippen molar-refractivity contribution in [2.24, 2.45) is 11.1 Å². The summed E-state index contributed by atoms with van der Waals surface area (Å²) in [5, 5.41) is 12.1. The van der Waals surface area contributed by atoms with Crippen molar-refractivity contribution >= 4 is 5.71 Å². The molecule has 1 rings (SSSR count). The molecule has 1 fully saturated rings. The van der Waals surface area contributed by atoms with Gasteiger partial charge in [0.15, 0.2) is 0 Å². The summed E-state index contributed by atoms with van der Waals surface area (Å²) in [6.45, 7) is 8.73. The Hall–Kier alpha value is -0.570. The highest BCUT2D eigenvalue weighted by Gasteiger charge is 2.25. The fourth-order valence-electron chi connectivity index (χ4n) is 2.34. The maximum atomic E-state index is 8.77. The number of rotatable bonds is 3. The lowest BCUT2D eigenvalue weighted by Crippen LogP contribution is -2.45. The van der Waals surface area contributed by atoms with E-state index in [4.69, 9.17) is 5.21 Å². The van der Waals surface area contributed by atoms with Gasteiger partial charge in [-0.05, 0) is 12.8 Å². The average Bonchev–Trinajstić information content (AvgIpc) is 2.20. The van der Waals surface area contributed by atoms with Crippen LogP contribution in [0.3, 0.4) is 0 Å². The second-order valence-corrected chi connectivity index (χ2v) is 4.21. The van der Waals surface area contributed by atoms with Gasteiger partial charge >= 0.3 is 0 Å². The first-order valence-electron chi connectivity index (χ1n) is 5.67. The van der Waals surface area contributed by atoms with Crippen LogP contribution >= 0.6 is 0 Å². The molecular weight excluding hydrogens is 176 g/mol. The molecular formula is C11H22N2O. The van der Waals surface area contributed by atoms with E-state index in [0.29, 0.717) is 12.0 Å². The standard InChI is InChI=1S/C11H22N2O/c1-4-10(5-2)13-7-6-11(12-14)9(3)8-13/h9-10,14H,4-8H2,1-3H3. The monoisotopic (exact) mass is 198 g/mol. The van der Waals surface area contributed by atoms with Gasteiger partial charge in [-0.1, -0.05) is 25.9 Å². The summed E-state index contributed by atoms with van der Waals surface area (Å²) in [6.07, 6.45) is 3.36. The van der Waals surface area contributed by atoms with E-state index in [2.05, 4.69) is 30.8 Å². The minimum Gasteiger partial charge on any atom is -0.411 e. The molecule has 1 aliphatic rings. The number of hydrogen-bond donors (Lipinski definition) is 1. The van der Waals surface area contributed by atoms with E-state index in [1.165, 1.54) is 12.8 Å². The Morgan fingerprint density at radius 2 is 2.14 bits per heavy atom. The van der Waals surface area contributed by atoms with Crippen LogP contribution in [-0.4, -0.2) is 35.0 Å². The summed E-state index contributed by atoms with van der Waals surface area (Å²) in [7, 11) is 0. The molecule has 14 heavy (non-hydrogen) atoms. The minimum atomic E-state index is 0.411. The topological polar surface area (TPSA) is 35.8 Å². The molecule has 0 aromatic carbocycles. The van der Waals surface area contributed by atoms with Crippen LogP contribution in [0.2, 0.25) is 0 Å². The van der Waals surface area contributed by atoms with Gasteiger partial charge < -0.3 is 5.21 Å². The van der Waals surface area contributed by atoms with Gasteiger partial charge in [0, 0.05) is 31.5 Å². The average molecular weight is 198 g/mol. The molecule has 0 aromatic rings. The van der Waals surface area contributed by atoms with Gasteiger partial charge in [-0.3, -0.25) is 4.90 Å². The van der Waals surface area contributed by atoms with Gasteiger partial charge in [-0.15, -0.1) is 0 Å². The third-order valence-corrected chi connectivity index (χ3v) is 3.32. The van der Waals surface area contributed by atoms with Crippen molar-refractivity contribution in [2.75, 3.05) is 13.1 Å². The first kappa shape index (κ1) is 11.5. The maximum absolute atomic E-state index is 8.77. The summed E-state index contributed by atoms with van der Waals surface area (Å²) >= 11 is 0. The number of nitrogens with zero attached hydrogens (tertiary/aromatic N) is 2. The summed E-state index contributed by atoms with van der Waals surface area (Å²) < 4.78 is 0. The molecule has 1 N–H and O–H groups in total. The zero-order valence-corrected chi connectivity index (χ0v) is 9.53. The predicted molar refractivity (Wildman–Crippen MR) is 58.9 cm³/mol. The lowest BCUT2D eigenvalue weighted by atomic mass is 9.95. The van der Waals surface area contributed by atoms with Crippen molar-refractivity contribution in [1.29, 1.82) is 0 Å². The van der Waals surface area contributed by atoms with E-state index in [-0.39, 0.29) is 0 Å². The largest absolute Gasteiger partial charge is 0.411 e. The van der Waals surface area contributed by atoms with E-state index in [0.717, 1.165) is 25.2 Å². The summed E-state index contributed by atoms with van der Waals surface area (Å²) in [6, 6.07) is 0.706. The van der Waals surface area contributed by atoms with Crippen LogP contribution in [0, 0.1) is 5.92 Å². The fourth-order valence-corrected chi connectivity index (χ4v) is 2.34. The Bertz CT molecular complexity index is 199. The van der Waals surface area contributed by atoms with Crippen LogP contribution in [0.1, 0.15) is 40.0 Å². The second-order valence-electron chi connectivity index (χ2n) is 4.21. The Kier molecular flexibility index (Phi) is 4.39. The molecule has 1 aliphatic heterocycles. The molecule has 0 radical (unpaired) electrons. The van der Waals surface area contributed by atoms with Crippen molar-refractivity contribution in [3.05, 3.63) is 0 Å². The zero-order valence-electron chi connectivity index (χ0n) is 9.53. The number of oxime groups is 1. The second kappa shape index (κ2) is 5.35. The van der Waals surface area contributed by atoms with Crippen molar-refractivity contribution in [3.63, 3.8) is 0 Å². The van der Waals surface area contributed by atoms with Crippen LogP contribution in [0.5, 0.6) is 0 Å². The minimum absolute atomic E-state index is 0.411. The quantitative estimate of drug-likeness (QED) is 0.558. The molecule has 0 aliphatic carbocycles. The SMILES string of the molecule is CCC(CC)N1CCC(=NO)C(C)C1. The van der Waals surface area contributed by atoms with Crippen LogP contribution in [-0.2, 0) is 0 Å². The van der Waals surface area contributed by atoms with Crippen LogP contribution in [0.15, 0.2) is 5.16 Å². The van der Waals surface area contributed by atoms with E-state index in [1.807, 2.05) is 0 Å². The van der Waals surface area contributed by atoms with Gasteiger partial charge in [0.1, 0.15) is 0 Å². The highest BCUT2D eigenvalue weighted by molar-refractivity contribution is 5.86. The Labute approximate surface area is 86.8 Å². The van der Waals surface area contributed by atoms with Crippen LogP contribution < -0.4 is 0 Å². The summed E-state index contributed by atoms with van der Waals surface area (Å²) in [4.78, 5) is 2.53. The number of piperidine rings is 1. The van der Waals surface area contributed by atoms with Crippen molar-refractivity contribution in [1.82, 2.24) is 4.90 Å². The highest BCUT2D eigenvalue weighted by atomic mass is 16.4. The smallest absolute Gasteiger partial charge is 0.0624 e. The van der Waals surface area contributed by atoms with E-state index >= 15 is 0 Å². The molecule has 1 atom stereocenters. The van der Waals surface area contributed by atoms with E-state index in [9.17, 15) is 0 Å². The lowest BCUT2D eigenvalue weighted by molar-refractivity contribution is 0.163. The molecule has 82 valence electrons. The van der Waals surface area contributed by atoms with Crippen LogP contribution in [0.25, 0.3) is 0 Å². The first-order chi connectivity index (χ1) is 6.72. The zero-order chi connectivity index (χ0) is 10.6. The van der Waals surface area contributed by atoms with Gasteiger partial charge in [-0.2, -0.15) is 0 Å². The molecule has 1 unspecified atom stereocenters. The molecule has 0 amide bonds. The Morgan fingerprint density at radius 1 is 1.50 bits per heavy atom. The molecule has 0 aromatic heterocycles. The van der Waals surface area contributed by atoms with E-state index < -0.39 is 0 Å². The maximum Gasteiger partial charge on any atom is 0.0624 e. The van der Waals surface area contributed by atoms with Gasteiger partial charge in [0.2, 0.25) is 0 Å². The number of hydrogen-bond acceptors (Lipinski definition) is 3. The molecule has 0 spiro atoms. The molecule has 1 saturated heterocycles. The normalized spacial score (nSPS) is 27.4. The first-order valence-corrected chi connectivity index (χ1v) is 5.67.